The van der Waals surface area contributed by atoms with Crippen molar-refractivity contribution in [3.8, 4) is 0 Å². The summed E-state index contributed by atoms with van der Waals surface area (Å²) in [6.07, 6.45) is 0.149. The highest BCUT2D eigenvalue weighted by Crippen LogP contribution is 2.28. The van der Waals surface area contributed by atoms with E-state index in [1.165, 1.54) is 11.1 Å². The zero-order chi connectivity index (χ0) is 19.7. The van der Waals surface area contributed by atoms with E-state index < -0.39 is 17.7 Å². The number of nitrogens with zero attached hydrogens (tertiary/aromatic N) is 2. The number of fused-ring (bicyclic) bond motifs is 1. The van der Waals surface area contributed by atoms with Gasteiger partial charge in [-0.2, -0.15) is 0 Å². The molecule has 2 aromatic carbocycles. The second-order valence-corrected chi connectivity index (χ2v) is 7.74. The monoisotopic (exact) mass is 379 g/mol. The van der Waals surface area contributed by atoms with E-state index >= 15 is 0 Å². The number of aliphatic hydroxyl groups excluding tert-OH is 1. The molecular weight excluding hydrogens is 354 g/mol. The smallest absolute Gasteiger partial charge is 0.325 e. The Balaban J connectivity index is 1.40. The molecule has 2 atom stereocenters. The summed E-state index contributed by atoms with van der Waals surface area (Å²) in [4.78, 5) is 28.7. The number of nitrogens with one attached hydrogen (secondary N) is 1. The SMILES string of the molecule is C[C@@]1(c2ccccc2)NC(=O)N(C[C@@H](O)CN2CCc3ccccc3C2)C1=O. The molecule has 6 nitrogen and oxygen atoms in total. The van der Waals surface area contributed by atoms with Gasteiger partial charge in [0.05, 0.1) is 12.6 Å². The van der Waals surface area contributed by atoms with E-state index in [0.717, 1.165) is 30.0 Å². The molecular formula is C22H25N3O3. The lowest BCUT2D eigenvalue weighted by atomic mass is 9.92. The van der Waals surface area contributed by atoms with Gasteiger partial charge in [0.2, 0.25) is 0 Å². The average molecular weight is 379 g/mol. The number of rotatable bonds is 5. The maximum atomic E-state index is 12.9. The van der Waals surface area contributed by atoms with E-state index in [1.807, 2.05) is 42.5 Å². The van der Waals surface area contributed by atoms with Crippen LogP contribution in [0.4, 0.5) is 4.79 Å². The molecule has 0 unspecified atom stereocenters. The molecule has 146 valence electrons. The summed E-state index contributed by atoms with van der Waals surface area (Å²) in [7, 11) is 0. The first kappa shape index (κ1) is 18.7. The van der Waals surface area contributed by atoms with Crippen LogP contribution in [0.1, 0.15) is 23.6 Å². The van der Waals surface area contributed by atoms with Crippen molar-refractivity contribution in [3.05, 3.63) is 71.3 Å². The number of carbonyl (C=O) groups is 2. The first-order chi connectivity index (χ1) is 13.5. The van der Waals surface area contributed by atoms with Gasteiger partial charge in [-0.25, -0.2) is 4.79 Å². The highest BCUT2D eigenvalue weighted by Gasteiger charge is 2.49. The van der Waals surface area contributed by atoms with Crippen molar-refractivity contribution >= 4 is 11.9 Å². The summed E-state index contributed by atoms with van der Waals surface area (Å²) in [5.41, 5.74) is 2.26. The van der Waals surface area contributed by atoms with Gasteiger partial charge < -0.3 is 10.4 Å². The lowest BCUT2D eigenvalue weighted by Gasteiger charge is -2.31. The first-order valence-electron chi connectivity index (χ1n) is 9.64. The van der Waals surface area contributed by atoms with Crippen molar-refractivity contribution in [3.63, 3.8) is 0 Å². The maximum Gasteiger partial charge on any atom is 0.325 e. The Labute approximate surface area is 164 Å². The van der Waals surface area contributed by atoms with Crippen LogP contribution in [0.3, 0.4) is 0 Å². The molecule has 0 bridgehead atoms. The molecule has 4 rings (SSSR count). The van der Waals surface area contributed by atoms with Crippen molar-refractivity contribution in [1.82, 2.24) is 15.1 Å². The van der Waals surface area contributed by atoms with Gasteiger partial charge in [0.15, 0.2) is 0 Å². The third kappa shape index (κ3) is 3.41. The predicted molar refractivity (Wildman–Crippen MR) is 105 cm³/mol. The van der Waals surface area contributed by atoms with Crippen LogP contribution in [0.25, 0.3) is 0 Å². The summed E-state index contributed by atoms with van der Waals surface area (Å²) in [6.45, 7) is 3.75. The van der Waals surface area contributed by atoms with Crippen LogP contribution in [0, 0.1) is 0 Å². The Hall–Kier alpha value is -2.70. The van der Waals surface area contributed by atoms with Gasteiger partial charge >= 0.3 is 6.03 Å². The molecule has 2 N–H and O–H groups in total. The molecule has 1 saturated heterocycles. The van der Waals surface area contributed by atoms with Crippen molar-refractivity contribution < 1.29 is 14.7 Å². The molecule has 0 aliphatic carbocycles. The Bertz CT molecular complexity index is 886. The van der Waals surface area contributed by atoms with Gasteiger partial charge in [0.25, 0.3) is 5.91 Å². The molecule has 2 aromatic rings. The number of urea groups is 1. The van der Waals surface area contributed by atoms with Crippen LogP contribution in [0.5, 0.6) is 0 Å². The summed E-state index contributed by atoms with van der Waals surface area (Å²) in [6, 6.07) is 17.0. The number of hydrogen-bond donors (Lipinski definition) is 2. The largest absolute Gasteiger partial charge is 0.390 e. The summed E-state index contributed by atoms with van der Waals surface area (Å²) in [5, 5.41) is 13.4. The van der Waals surface area contributed by atoms with E-state index in [-0.39, 0.29) is 12.5 Å². The molecule has 6 heteroatoms. The minimum Gasteiger partial charge on any atom is -0.390 e. The van der Waals surface area contributed by atoms with E-state index in [2.05, 4.69) is 22.3 Å². The number of hydrogen-bond acceptors (Lipinski definition) is 4. The number of carbonyl (C=O) groups excluding carboxylic acids is 2. The number of β-amino-alcohol motifs (C(OH)–C–C–N with tert-alkyl or cyclic N) is 1. The first-order valence-corrected chi connectivity index (χ1v) is 9.64. The van der Waals surface area contributed by atoms with E-state index in [0.29, 0.717) is 6.54 Å². The minimum atomic E-state index is -1.10. The fourth-order valence-electron chi connectivity index (χ4n) is 4.11. The predicted octanol–water partition coefficient (Wildman–Crippen LogP) is 1.87. The average Bonchev–Trinajstić information content (AvgIpc) is 2.92. The molecule has 0 aromatic heterocycles. The maximum absolute atomic E-state index is 12.9. The van der Waals surface area contributed by atoms with Crippen molar-refractivity contribution in [1.29, 1.82) is 0 Å². The van der Waals surface area contributed by atoms with E-state index in [9.17, 15) is 14.7 Å². The van der Waals surface area contributed by atoms with Crippen LogP contribution in [-0.4, -0.2) is 52.6 Å². The van der Waals surface area contributed by atoms with Crippen molar-refractivity contribution in [2.45, 2.75) is 31.5 Å². The second-order valence-electron chi connectivity index (χ2n) is 7.74. The fourth-order valence-corrected chi connectivity index (χ4v) is 4.11. The van der Waals surface area contributed by atoms with Crippen LogP contribution in [-0.2, 0) is 23.3 Å². The fraction of sp³-hybridized carbons (Fsp3) is 0.364. The lowest BCUT2D eigenvalue weighted by molar-refractivity contribution is -0.132. The topological polar surface area (TPSA) is 72.9 Å². The summed E-state index contributed by atoms with van der Waals surface area (Å²) >= 11 is 0. The second kappa shape index (κ2) is 7.37. The van der Waals surface area contributed by atoms with Gasteiger partial charge in [-0.05, 0) is 30.0 Å². The molecule has 28 heavy (non-hydrogen) atoms. The zero-order valence-corrected chi connectivity index (χ0v) is 16.0. The highest BCUT2D eigenvalue weighted by atomic mass is 16.3. The molecule has 2 aliphatic heterocycles. The van der Waals surface area contributed by atoms with Crippen molar-refractivity contribution in [2.24, 2.45) is 0 Å². The molecule has 2 heterocycles. The molecule has 0 radical (unpaired) electrons. The minimum absolute atomic E-state index is 0.00869. The Kier molecular flexibility index (Phi) is 4.91. The van der Waals surface area contributed by atoms with Crippen LogP contribution in [0.15, 0.2) is 54.6 Å². The normalized spacial score (nSPS) is 23.4. The summed E-state index contributed by atoms with van der Waals surface area (Å²) in [5.74, 6) is -0.327. The van der Waals surface area contributed by atoms with Crippen LogP contribution in [0.2, 0.25) is 0 Å². The van der Waals surface area contributed by atoms with Crippen LogP contribution < -0.4 is 5.32 Å². The standard InChI is InChI=1S/C22H25N3O3/c1-22(18-9-3-2-4-10-18)20(27)25(21(28)23-22)15-19(26)14-24-12-11-16-7-5-6-8-17(16)13-24/h2-10,19,26H,11-15H2,1H3,(H,23,28)/t19-,22-/m0/s1. The number of amides is 3. The Morgan fingerprint density at radius 1 is 1.04 bits per heavy atom. The van der Waals surface area contributed by atoms with Gasteiger partial charge in [0.1, 0.15) is 5.54 Å². The lowest BCUT2D eigenvalue weighted by Crippen LogP contribution is -2.45. The van der Waals surface area contributed by atoms with Gasteiger partial charge in [-0.3, -0.25) is 14.6 Å². The Morgan fingerprint density at radius 3 is 2.46 bits per heavy atom. The molecule has 0 spiro atoms. The van der Waals surface area contributed by atoms with E-state index in [4.69, 9.17) is 0 Å². The van der Waals surface area contributed by atoms with Crippen molar-refractivity contribution in [2.75, 3.05) is 19.6 Å². The number of benzene rings is 2. The molecule has 0 saturated carbocycles. The Morgan fingerprint density at radius 2 is 1.71 bits per heavy atom. The third-order valence-electron chi connectivity index (χ3n) is 5.70. The summed E-state index contributed by atoms with van der Waals surface area (Å²) < 4.78 is 0. The van der Waals surface area contributed by atoms with Gasteiger partial charge in [-0.1, -0.05) is 54.6 Å². The van der Waals surface area contributed by atoms with E-state index in [1.54, 1.807) is 6.92 Å². The van der Waals surface area contributed by atoms with Gasteiger partial charge in [-0.15, -0.1) is 0 Å². The number of imide groups is 1. The number of aliphatic hydroxyl groups is 1. The quantitative estimate of drug-likeness (QED) is 0.778. The third-order valence-corrected chi connectivity index (χ3v) is 5.70. The van der Waals surface area contributed by atoms with Gasteiger partial charge in [0, 0.05) is 19.6 Å². The highest BCUT2D eigenvalue weighted by molar-refractivity contribution is 6.07. The molecule has 2 aliphatic rings. The zero-order valence-electron chi connectivity index (χ0n) is 16.0. The molecule has 3 amide bonds. The molecule has 1 fully saturated rings. The van der Waals surface area contributed by atoms with Crippen LogP contribution >= 0.6 is 0 Å².